The van der Waals surface area contributed by atoms with Crippen LogP contribution in [0.4, 0.5) is 5.69 Å². The Bertz CT molecular complexity index is 537. The van der Waals surface area contributed by atoms with Crippen molar-refractivity contribution < 1.29 is 24.0 Å². The molecular weight excluding hydrogens is 284 g/mol. The van der Waals surface area contributed by atoms with Crippen molar-refractivity contribution in [3.8, 4) is 0 Å². The molecule has 2 rings (SSSR count). The van der Waals surface area contributed by atoms with Crippen molar-refractivity contribution in [3.63, 3.8) is 0 Å². The Morgan fingerprint density at radius 1 is 1.27 bits per heavy atom. The van der Waals surface area contributed by atoms with Gasteiger partial charge in [0.25, 0.3) is 5.91 Å². The van der Waals surface area contributed by atoms with Crippen LogP contribution in [0.3, 0.4) is 0 Å². The van der Waals surface area contributed by atoms with Crippen molar-refractivity contribution >= 4 is 17.6 Å². The summed E-state index contributed by atoms with van der Waals surface area (Å²) in [5, 5.41) is 2.80. The number of rotatable bonds is 4. The molecule has 0 bridgehead atoms. The highest BCUT2D eigenvalue weighted by molar-refractivity contribution is 6.01. The van der Waals surface area contributed by atoms with E-state index in [9.17, 15) is 9.59 Å². The number of anilines is 1. The van der Waals surface area contributed by atoms with E-state index in [0.29, 0.717) is 17.8 Å². The Kier molecular flexibility index (Phi) is 5.51. The molecule has 0 aromatic heterocycles. The van der Waals surface area contributed by atoms with Gasteiger partial charge in [0.05, 0.1) is 18.4 Å². The number of esters is 1. The van der Waals surface area contributed by atoms with Crippen LogP contribution in [0.1, 0.15) is 24.2 Å². The summed E-state index contributed by atoms with van der Waals surface area (Å²) in [6.45, 7) is 5.99. The van der Waals surface area contributed by atoms with Gasteiger partial charge in [-0.15, -0.1) is 0 Å². The first-order valence-electron chi connectivity index (χ1n) is 7.45. The fraction of sp³-hybridized carbons (Fsp3) is 0.500. The molecule has 0 aliphatic carbocycles. The second-order valence-corrected chi connectivity index (χ2v) is 5.68. The summed E-state index contributed by atoms with van der Waals surface area (Å²) < 4.78 is 10.4. The number of carbonyl (C=O) groups is 2. The maximum atomic E-state index is 12.2. The number of para-hydroxylation sites is 1. The standard InChI is InChI=1S/C16H22N2O4/c1-11-8-18(9-12(2)22-11)10-15(19)17-14-7-5-4-6-13(14)16(20)21-3/h4-7,11-12H,8-10H2,1-3H3,(H,17,19)/p+1/t11-,12-/m1/s1. The van der Waals surface area contributed by atoms with Gasteiger partial charge in [0.1, 0.15) is 25.3 Å². The minimum Gasteiger partial charge on any atom is -0.465 e. The molecule has 1 aromatic carbocycles. The normalized spacial score (nSPS) is 24.6. The number of hydrogen-bond donors (Lipinski definition) is 2. The van der Waals surface area contributed by atoms with Gasteiger partial charge in [-0.3, -0.25) is 4.79 Å². The molecular formula is C16H23N2O4+. The lowest BCUT2D eigenvalue weighted by Gasteiger charge is -2.31. The van der Waals surface area contributed by atoms with Gasteiger partial charge in [0.15, 0.2) is 6.54 Å². The predicted molar refractivity (Wildman–Crippen MR) is 82.0 cm³/mol. The van der Waals surface area contributed by atoms with Gasteiger partial charge in [-0.2, -0.15) is 0 Å². The predicted octanol–water partition coefficient (Wildman–Crippen LogP) is 0.104. The number of carbonyl (C=O) groups excluding carboxylic acids is 2. The van der Waals surface area contributed by atoms with E-state index < -0.39 is 5.97 Å². The van der Waals surface area contributed by atoms with Gasteiger partial charge >= 0.3 is 5.97 Å². The van der Waals surface area contributed by atoms with Crippen molar-refractivity contribution in [2.45, 2.75) is 26.1 Å². The van der Waals surface area contributed by atoms with Crippen molar-refractivity contribution in [1.82, 2.24) is 0 Å². The molecule has 1 aromatic rings. The summed E-state index contributed by atoms with van der Waals surface area (Å²) in [6.07, 6.45) is 0.294. The second-order valence-electron chi connectivity index (χ2n) is 5.68. The quantitative estimate of drug-likeness (QED) is 0.775. The third-order valence-electron chi connectivity index (χ3n) is 3.63. The molecule has 2 N–H and O–H groups in total. The van der Waals surface area contributed by atoms with Crippen LogP contribution in [0.5, 0.6) is 0 Å². The fourth-order valence-corrected chi connectivity index (χ4v) is 2.84. The minimum absolute atomic E-state index is 0.118. The monoisotopic (exact) mass is 307 g/mol. The van der Waals surface area contributed by atoms with Crippen LogP contribution >= 0.6 is 0 Å². The minimum atomic E-state index is -0.461. The first-order chi connectivity index (χ1) is 10.5. The van der Waals surface area contributed by atoms with Crippen LogP contribution < -0.4 is 10.2 Å². The van der Waals surface area contributed by atoms with E-state index >= 15 is 0 Å². The maximum absolute atomic E-state index is 12.2. The van der Waals surface area contributed by atoms with Crippen LogP contribution in [0.15, 0.2) is 24.3 Å². The number of hydrogen-bond acceptors (Lipinski definition) is 4. The number of nitrogens with one attached hydrogen (secondary N) is 2. The highest BCUT2D eigenvalue weighted by Crippen LogP contribution is 2.15. The summed E-state index contributed by atoms with van der Waals surface area (Å²) in [6, 6.07) is 6.84. The van der Waals surface area contributed by atoms with E-state index in [1.165, 1.54) is 12.0 Å². The zero-order valence-electron chi connectivity index (χ0n) is 13.2. The molecule has 1 saturated heterocycles. The van der Waals surface area contributed by atoms with E-state index in [4.69, 9.17) is 9.47 Å². The zero-order valence-corrected chi connectivity index (χ0v) is 13.2. The van der Waals surface area contributed by atoms with Gasteiger partial charge in [0, 0.05) is 0 Å². The molecule has 6 nitrogen and oxygen atoms in total. The molecule has 1 fully saturated rings. The molecule has 1 amide bonds. The highest BCUT2D eigenvalue weighted by Gasteiger charge is 2.27. The molecule has 2 atom stereocenters. The van der Waals surface area contributed by atoms with Crippen LogP contribution in [-0.2, 0) is 14.3 Å². The van der Waals surface area contributed by atoms with E-state index in [1.807, 2.05) is 13.8 Å². The second kappa shape index (κ2) is 7.38. The van der Waals surface area contributed by atoms with E-state index in [-0.39, 0.29) is 18.1 Å². The van der Waals surface area contributed by atoms with Gasteiger partial charge < -0.3 is 19.7 Å². The molecule has 0 spiro atoms. The number of benzene rings is 1. The Labute approximate surface area is 130 Å². The summed E-state index contributed by atoms with van der Waals surface area (Å²) in [5.74, 6) is -0.579. The maximum Gasteiger partial charge on any atom is 0.339 e. The molecule has 1 heterocycles. The summed E-state index contributed by atoms with van der Waals surface area (Å²) in [5.41, 5.74) is 0.838. The molecule has 0 saturated carbocycles. The van der Waals surface area contributed by atoms with Crippen LogP contribution in [-0.4, -0.2) is 50.8 Å². The largest absolute Gasteiger partial charge is 0.465 e. The topological polar surface area (TPSA) is 69.1 Å². The molecule has 1 aliphatic heterocycles. The van der Waals surface area contributed by atoms with Crippen molar-refractivity contribution in [2.75, 3.05) is 32.1 Å². The lowest BCUT2D eigenvalue weighted by Crippen LogP contribution is -3.16. The first kappa shape index (κ1) is 16.5. The van der Waals surface area contributed by atoms with E-state index in [2.05, 4.69) is 5.32 Å². The Morgan fingerprint density at radius 3 is 2.55 bits per heavy atom. The third kappa shape index (κ3) is 4.29. The average molecular weight is 307 g/mol. The Balaban J connectivity index is 1.99. The Morgan fingerprint density at radius 2 is 1.91 bits per heavy atom. The van der Waals surface area contributed by atoms with Crippen molar-refractivity contribution in [2.24, 2.45) is 0 Å². The summed E-state index contributed by atoms with van der Waals surface area (Å²) in [4.78, 5) is 25.1. The van der Waals surface area contributed by atoms with Crippen LogP contribution in [0, 0.1) is 0 Å². The molecule has 120 valence electrons. The van der Waals surface area contributed by atoms with E-state index in [1.54, 1.807) is 24.3 Å². The highest BCUT2D eigenvalue weighted by atomic mass is 16.5. The van der Waals surface area contributed by atoms with Gasteiger partial charge in [-0.05, 0) is 26.0 Å². The third-order valence-corrected chi connectivity index (χ3v) is 3.63. The number of quaternary nitrogens is 1. The lowest BCUT2D eigenvalue weighted by molar-refractivity contribution is -0.907. The Hall–Kier alpha value is -1.92. The van der Waals surface area contributed by atoms with Gasteiger partial charge in [0.2, 0.25) is 0 Å². The molecule has 6 heteroatoms. The SMILES string of the molecule is COC(=O)c1ccccc1NC(=O)C[NH+]1C[C@@H](C)O[C@H](C)C1. The average Bonchev–Trinajstić information content (AvgIpc) is 2.45. The molecule has 1 aliphatic rings. The van der Waals surface area contributed by atoms with Crippen LogP contribution in [0.2, 0.25) is 0 Å². The summed E-state index contributed by atoms with van der Waals surface area (Å²) >= 11 is 0. The zero-order chi connectivity index (χ0) is 16.1. The van der Waals surface area contributed by atoms with Gasteiger partial charge in [-0.1, -0.05) is 12.1 Å². The summed E-state index contributed by atoms with van der Waals surface area (Å²) in [7, 11) is 1.32. The molecule has 0 radical (unpaired) electrons. The number of ether oxygens (including phenoxy) is 2. The number of methoxy groups -OCH3 is 1. The first-order valence-corrected chi connectivity index (χ1v) is 7.45. The number of amides is 1. The fourth-order valence-electron chi connectivity index (χ4n) is 2.84. The van der Waals surface area contributed by atoms with Crippen molar-refractivity contribution in [3.05, 3.63) is 29.8 Å². The lowest BCUT2D eigenvalue weighted by atomic mass is 10.1. The van der Waals surface area contributed by atoms with Crippen molar-refractivity contribution in [1.29, 1.82) is 0 Å². The smallest absolute Gasteiger partial charge is 0.339 e. The van der Waals surface area contributed by atoms with E-state index in [0.717, 1.165) is 13.1 Å². The number of morpholine rings is 1. The van der Waals surface area contributed by atoms with Crippen LogP contribution in [0.25, 0.3) is 0 Å². The van der Waals surface area contributed by atoms with Gasteiger partial charge in [-0.25, -0.2) is 4.79 Å². The molecule has 22 heavy (non-hydrogen) atoms. The molecule has 0 unspecified atom stereocenters.